The number of benzene rings is 3. The minimum Gasteiger partial charge on any atom is -0.496 e. The average Bonchev–Trinajstić information content (AvgIpc) is 2.68. The molecule has 0 spiro atoms. The Balaban J connectivity index is 1.91. The molecule has 3 aromatic carbocycles. The Labute approximate surface area is 164 Å². The Morgan fingerprint density at radius 2 is 1.93 bits per heavy atom. The number of hydrogen-bond donors (Lipinski definition) is 0. The van der Waals surface area contributed by atoms with Gasteiger partial charge in [0, 0.05) is 10.0 Å². The van der Waals surface area contributed by atoms with Crippen LogP contribution in [0.25, 0.3) is 21.7 Å². The van der Waals surface area contributed by atoms with Gasteiger partial charge >= 0.3 is 0 Å². The highest BCUT2D eigenvalue weighted by molar-refractivity contribution is 9.10. The Bertz CT molecular complexity index is 1260. The molecule has 0 radical (unpaired) electrons. The van der Waals surface area contributed by atoms with Crippen molar-refractivity contribution in [1.29, 1.82) is 0 Å². The molecule has 0 atom stereocenters. The second-order valence-electron chi connectivity index (χ2n) is 6.08. The van der Waals surface area contributed by atoms with Crippen molar-refractivity contribution in [2.75, 3.05) is 7.11 Å². The lowest BCUT2D eigenvalue weighted by molar-refractivity contribution is 0.415. The number of aryl methyl sites for hydroxylation is 1. The molecule has 0 aliphatic carbocycles. The number of halogens is 1. The number of nitrogens with zero attached hydrogens (tertiary/aromatic N) is 3. The zero-order valence-electron chi connectivity index (χ0n) is 14.8. The maximum atomic E-state index is 12.9. The van der Waals surface area contributed by atoms with Gasteiger partial charge in [0.15, 0.2) is 0 Å². The fourth-order valence-electron chi connectivity index (χ4n) is 3.10. The van der Waals surface area contributed by atoms with Crippen LogP contribution in [0.2, 0.25) is 0 Å². The molecule has 134 valence electrons. The number of methoxy groups -OCH3 is 1. The van der Waals surface area contributed by atoms with Gasteiger partial charge in [-0.1, -0.05) is 46.3 Å². The summed E-state index contributed by atoms with van der Waals surface area (Å²) in [5.41, 5.74) is 1.25. The first-order chi connectivity index (χ1) is 13.1. The third kappa shape index (κ3) is 3.13. The van der Waals surface area contributed by atoms with Crippen LogP contribution in [0.5, 0.6) is 5.75 Å². The molecule has 5 nitrogen and oxygen atoms in total. The third-order valence-electron chi connectivity index (χ3n) is 4.42. The van der Waals surface area contributed by atoms with Crippen LogP contribution in [-0.4, -0.2) is 23.0 Å². The quantitative estimate of drug-likeness (QED) is 0.457. The van der Waals surface area contributed by atoms with E-state index in [1.165, 1.54) is 4.68 Å². The topological polar surface area (TPSA) is 56.5 Å². The van der Waals surface area contributed by atoms with Crippen molar-refractivity contribution < 1.29 is 4.74 Å². The van der Waals surface area contributed by atoms with Crippen LogP contribution < -0.4 is 10.3 Å². The molecule has 6 heteroatoms. The molecule has 0 amide bonds. The van der Waals surface area contributed by atoms with Gasteiger partial charge in [-0.15, -0.1) is 0 Å². The summed E-state index contributed by atoms with van der Waals surface area (Å²) < 4.78 is 7.63. The molecule has 0 saturated carbocycles. The van der Waals surface area contributed by atoms with Crippen LogP contribution in [0.3, 0.4) is 0 Å². The Hall–Kier alpha value is -2.99. The molecule has 0 aliphatic rings. The fraction of sp³-hybridized carbons (Fsp3) is 0.0952. The summed E-state index contributed by atoms with van der Waals surface area (Å²) >= 11 is 3.40. The highest BCUT2D eigenvalue weighted by Gasteiger charge is 2.09. The Morgan fingerprint density at radius 1 is 1.11 bits per heavy atom. The third-order valence-corrected chi connectivity index (χ3v) is 4.92. The minimum absolute atomic E-state index is 0.214. The van der Waals surface area contributed by atoms with Crippen molar-refractivity contribution in [3.8, 4) is 5.75 Å². The SMILES string of the molecule is COc1ccc2ccccc2c1C=Nn1c(C)nc2ccc(Br)cc2c1=O. The van der Waals surface area contributed by atoms with Gasteiger partial charge in [0.2, 0.25) is 0 Å². The van der Waals surface area contributed by atoms with Gasteiger partial charge in [-0.3, -0.25) is 4.79 Å². The smallest absolute Gasteiger partial charge is 0.282 e. The normalized spacial score (nSPS) is 11.5. The molecule has 1 heterocycles. The van der Waals surface area contributed by atoms with Crippen molar-refractivity contribution >= 4 is 43.8 Å². The molecule has 1 aromatic heterocycles. The van der Waals surface area contributed by atoms with Crippen LogP contribution >= 0.6 is 15.9 Å². The maximum Gasteiger partial charge on any atom is 0.282 e. The molecular weight excluding hydrogens is 406 g/mol. The summed E-state index contributed by atoms with van der Waals surface area (Å²) in [6.07, 6.45) is 1.65. The number of fused-ring (bicyclic) bond motifs is 2. The van der Waals surface area contributed by atoms with E-state index in [1.807, 2.05) is 48.5 Å². The van der Waals surface area contributed by atoms with Crippen molar-refractivity contribution in [2.24, 2.45) is 5.10 Å². The van der Waals surface area contributed by atoms with Crippen molar-refractivity contribution in [3.63, 3.8) is 0 Å². The summed E-state index contributed by atoms with van der Waals surface area (Å²) in [6.45, 7) is 1.76. The molecule has 0 aliphatic heterocycles. The number of aromatic nitrogens is 2. The first kappa shape index (κ1) is 17.4. The molecular formula is C21H16BrN3O2. The van der Waals surface area contributed by atoms with E-state index in [-0.39, 0.29) is 5.56 Å². The minimum atomic E-state index is -0.214. The Morgan fingerprint density at radius 3 is 2.74 bits per heavy atom. The summed E-state index contributed by atoms with van der Waals surface area (Å²) in [6, 6.07) is 17.3. The summed E-state index contributed by atoms with van der Waals surface area (Å²) in [5, 5.41) is 7.02. The summed E-state index contributed by atoms with van der Waals surface area (Å²) in [4.78, 5) is 17.4. The highest BCUT2D eigenvalue weighted by Crippen LogP contribution is 2.26. The van der Waals surface area contributed by atoms with Gasteiger partial charge in [-0.2, -0.15) is 9.78 Å². The lowest BCUT2D eigenvalue weighted by atomic mass is 10.0. The predicted octanol–water partition coefficient (Wildman–Crippen LogP) is 4.51. The standard InChI is InChI=1S/C21H16BrN3O2/c1-13-24-19-9-8-15(22)11-17(19)21(26)25(13)23-12-18-16-6-4-3-5-14(16)7-10-20(18)27-2/h3-12H,1-2H3. The van der Waals surface area contributed by atoms with Crippen LogP contribution in [0.4, 0.5) is 0 Å². The van der Waals surface area contributed by atoms with Gasteiger partial charge in [0.05, 0.1) is 24.2 Å². The van der Waals surface area contributed by atoms with Crippen LogP contribution in [0, 0.1) is 6.92 Å². The van der Waals surface area contributed by atoms with Crippen molar-refractivity contribution in [3.05, 3.63) is 80.8 Å². The van der Waals surface area contributed by atoms with E-state index < -0.39 is 0 Å². The van der Waals surface area contributed by atoms with Crippen LogP contribution in [0.15, 0.2) is 69.0 Å². The van der Waals surface area contributed by atoms with E-state index in [0.29, 0.717) is 22.5 Å². The average molecular weight is 422 g/mol. The summed E-state index contributed by atoms with van der Waals surface area (Å²) in [7, 11) is 1.62. The van der Waals surface area contributed by atoms with E-state index in [2.05, 4.69) is 26.0 Å². The lowest BCUT2D eigenvalue weighted by Crippen LogP contribution is -2.20. The van der Waals surface area contributed by atoms with Crippen molar-refractivity contribution in [1.82, 2.24) is 9.66 Å². The molecule has 0 fully saturated rings. The molecule has 0 bridgehead atoms. The van der Waals surface area contributed by atoms with Gasteiger partial charge in [0.25, 0.3) is 5.56 Å². The van der Waals surface area contributed by atoms with E-state index in [1.54, 1.807) is 26.3 Å². The second kappa shape index (κ2) is 6.96. The first-order valence-corrected chi connectivity index (χ1v) is 9.17. The Kier molecular flexibility index (Phi) is 4.49. The van der Waals surface area contributed by atoms with E-state index >= 15 is 0 Å². The number of ether oxygens (including phenoxy) is 1. The predicted molar refractivity (Wildman–Crippen MR) is 112 cm³/mol. The number of rotatable bonds is 3. The molecule has 0 N–H and O–H groups in total. The second-order valence-corrected chi connectivity index (χ2v) is 7.00. The first-order valence-electron chi connectivity index (χ1n) is 8.37. The van der Waals surface area contributed by atoms with Gasteiger partial charge in [0.1, 0.15) is 11.6 Å². The molecule has 27 heavy (non-hydrogen) atoms. The van der Waals surface area contributed by atoms with Gasteiger partial charge < -0.3 is 4.74 Å². The monoisotopic (exact) mass is 421 g/mol. The zero-order valence-corrected chi connectivity index (χ0v) is 16.4. The van der Waals surface area contributed by atoms with E-state index in [9.17, 15) is 4.79 Å². The molecule has 0 saturated heterocycles. The van der Waals surface area contributed by atoms with Crippen LogP contribution in [0.1, 0.15) is 11.4 Å². The van der Waals surface area contributed by atoms with Crippen LogP contribution in [-0.2, 0) is 0 Å². The molecule has 4 rings (SSSR count). The highest BCUT2D eigenvalue weighted by atomic mass is 79.9. The van der Waals surface area contributed by atoms with E-state index in [0.717, 1.165) is 20.8 Å². The zero-order chi connectivity index (χ0) is 19.0. The maximum absolute atomic E-state index is 12.9. The van der Waals surface area contributed by atoms with Crippen molar-refractivity contribution in [2.45, 2.75) is 6.92 Å². The van der Waals surface area contributed by atoms with Gasteiger partial charge in [-0.25, -0.2) is 4.98 Å². The summed E-state index contributed by atoms with van der Waals surface area (Å²) in [5.74, 6) is 1.21. The molecule has 4 aromatic rings. The van der Waals surface area contributed by atoms with Gasteiger partial charge in [-0.05, 0) is 42.0 Å². The van der Waals surface area contributed by atoms with E-state index in [4.69, 9.17) is 4.74 Å². The fourth-order valence-corrected chi connectivity index (χ4v) is 3.46. The largest absolute Gasteiger partial charge is 0.496 e. The lowest BCUT2D eigenvalue weighted by Gasteiger charge is -2.09. The molecule has 0 unspecified atom stereocenters. The number of hydrogen-bond acceptors (Lipinski definition) is 4.